The number of anilines is 1. The number of ether oxygens (including phenoxy) is 1. The summed E-state index contributed by atoms with van der Waals surface area (Å²) in [7, 11) is 1.61. The van der Waals surface area contributed by atoms with Crippen molar-refractivity contribution in [2.75, 3.05) is 25.5 Å². The molecule has 2 aromatic rings. The number of nitrogens with zero attached hydrogens (tertiary/aromatic N) is 1. The molecule has 1 aliphatic rings. The molecule has 0 bridgehead atoms. The number of nitrogens with one attached hydrogen (secondary N) is 1. The predicted octanol–water partition coefficient (Wildman–Crippen LogP) is 4.27. The van der Waals surface area contributed by atoms with Gasteiger partial charge in [0.05, 0.1) is 7.11 Å². The van der Waals surface area contributed by atoms with Crippen molar-refractivity contribution in [1.82, 2.24) is 4.90 Å². The van der Waals surface area contributed by atoms with Gasteiger partial charge in [0.2, 0.25) is 5.91 Å². The third kappa shape index (κ3) is 5.35. The molecule has 0 unspecified atom stereocenters. The van der Waals surface area contributed by atoms with E-state index in [-0.39, 0.29) is 11.8 Å². The van der Waals surface area contributed by atoms with E-state index in [9.17, 15) is 9.59 Å². The normalized spacial score (nSPS) is 14.6. The van der Waals surface area contributed by atoms with Crippen LogP contribution in [0.5, 0.6) is 5.75 Å². The van der Waals surface area contributed by atoms with Crippen LogP contribution in [0.4, 0.5) is 5.69 Å². The second-order valence-electron chi connectivity index (χ2n) is 7.42. The number of piperidine rings is 1. The lowest BCUT2D eigenvalue weighted by molar-refractivity contribution is -0.116. The SMILES string of the molecule is COc1cccc(NC(=O)CCC2CCN(C(=O)c3ccc(C)cc3)CC2)c1. The topological polar surface area (TPSA) is 58.6 Å². The zero-order chi connectivity index (χ0) is 19.9. The Labute approximate surface area is 166 Å². The van der Waals surface area contributed by atoms with Crippen LogP contribution in [0, 0.1) is 12.8 Å². The van der Waals surface area contributed by atoms with E-state index in [1.165, 1.54) is 0 Å². The Morgan fingerprint density at radius 3 is 2.50 bits per heavy atom. The zero-order valence-corrected chi connectivity index (χ0v) is 16.6. The van der Waals surface area contributed by atoms with Crippen molar-refractivity contribution < 1.29 is 14.3 Å². The fraction of sp³-hybridized carbons (Fsp3) is 0.391. The van der Waals surface area contributed by atoms with Crippen LogP contribution >= 0.6 is 0 Å². The highest BCUT2D eigenvalue weighted by molar-refractivity contribution is 5.94. The number of aryl methyl sites for hydroxylation is 1. The summed E-state index contributed by atoms with van der Waals surface area (Å²) in [5.41, 5.74) is 2.66. The average Bonchev–Trinajstić information content (AvgIpc) is 2.73. The summed E-state index contributed by atoms with van der Waals surface area (Å²) in [5, 5.41) is 2.93. The fourth-order valence-electron chi connectivity index (χ4n) is 3.56. The van der Waals surface area contributed by atoms with Crippen molar-refractivity contribution in [3.63, 3.8) is 0 Å². The Hall–Kier alpha value is -2.82. The molecule has 1 heterocycles. The molecule has 2 amide bonds. The summed E-state index contributed by atoms with van der Waals surface area (Å²) in [6, 6.07) is 15.1. The van der Waals surface area contributed by atoms with Gasteiger partial charge in [-0.3, -0.25) is 9.59 Å². The lowest BCUT2D eigenvalue weighted by Gasteiger charge is -2.32. The molecule has 0 saturated carbocycles. The highest BCUT2D eigenvalue weighted by Gasteiger charge is 2.24. The van der Waals surface area contributed by atoms with Gasteiger partial charge in [-0.1, -0.05) is 23.8 Å². The third-order valence-corrected chi connectivity index (χ3v) is 5.33. The fourth-order valence-corrected chi connectivity index (χ4v) is 3.56. The van der Waals surface area contributed by atoms with Crippen LogP contribution < -0.4 is 10.1 Å². The highest BCUT2D eigenvalue weighted by atomic mass is 16.5. The zero-order valence-electron chi connectivity index (χ0n) is 16.6. The van der Waals surface area contributed by atoms with Gasteiger partial charge in [-0.15, -0.1) is 0 Å². The molecule has 5 nitrogen and oxygen atoms in total. The van der Waals surface area contributed by atoms with Gasteiger partial charge in [0.15, 0.2) is 0 Å². The minimum atomic E-state index is 0.0198. The van der Waals surface area contributed by atoms with Crippen LogP contribution in [0.1, 0.15) is 41.6 Å². The Bertz CT molecular complexity index is 809. The van der Waals surface area contributed by atoms with E-state index in [0.29, 0.717) is 12.3 Å². The highest BCUT2D eigenvalue weighted by Crippen LogP contribution is 2.24. The summed E-state index contributed by atoms with van der Waals surface area (Å²) in [6.07, 6.45) is 3.24. The molecule has 3 rings (SSSR count). The van der Waals surface area contributed by atoms with Gasteiger partial charge in [-0.2, -0.15) is 0 Å². The summed E-state index contributed by atoms with van der Waals surface area (Å²) in [4.78, 5) is 26.7. The number of hydrogen-bond acceptors (Lipinski definition) is 3. The molecule has 0 spiro atoms. The summed E-state index contributed by atoms with van der Waals surface area (Å²) < 4.78 is 5.18. The van der Waals surface area contributed by atoms with Gasteiger partial charge >= 0.3 is 0 Å². The van der Waals surface area contributed by atoms with Crippen LogP contribution in [-0.2, 0) is 4.79 Å². The largest absolute Gasteiger partial charge is 0.497 e. The Morgan fingerprint density at radius 1 is 1.11 bits per heavy atom. The van der Waals surface area contributed by atoms with Crippen LogP contribution in [-0.4, -0.2) is 36.9 Å². The van der Waals surface area contributed by atoms with E-state index in [4.69, 9.17) is 4.74 Å². The Morgan fingerprint density at radius 2 is 1.82 bits per heavy atom. The van der Waals surface area contributed by atoms with E-state index >= 15 is 0 Å². The Balaban J connectivity index is 1.42. The maximum Gasteiger partial charge on any atom is 0.253 e. The van der Waals surface area contributed by atoms with E-state index < -0.39 is 0 Å². The molecular weight excluding hydrogens is 352 g/mol. The predicted molar refractivity (Wildman–Crippen MR) is 111 cm³/mol. The van der Waals surface area contributed by atoms with Crippen LogP contribution in [0.25, 0.3) is 0 Å². The van der Waals surface area contributed by atoms with Gasteiger partial charge < -0.3 is 15.0 Å². The first-order chi connectivity index (χ1) is 13.5. The number of rotatable bonds is 6. The van der Waals surface area contributed by atoms with Gasteiger partial charge in [-0.05, 0) is 56.4 Å². The molecule has 1 fully saturated rings. The molecule has 0 radical (unpaired) electrons. The second kappa shape index (κ2) is 9.40. The summed E-state index contributed by atoms with van der Waals surface area (Å²) in [6.45, 7) is 3.54. The average molecular weight is 380 g/mol. The number of benzene rings is 2. The maximum absolute atomic E-state index is 12.6. The molecule has 28 heavy (non-hydrogen) atoms. The standard InChI is InChI=1S/C23H28N2O3/c1-17-6-9-19(10-7-17)23(27)25-14-12-18(13-15-25)8-11-22(26)24-20-4-3-5-21(16-20)28-2/h3-7,9-10,16,18H,8,11-15H2,1-2H3,(H,24,26). The van der Waals surface area contributed by atoms with Crippen molar-refractivity contribution in [1.29, 1.82) is 0 Å². The van der Waals surface area contributed by atoms with Crippen LogP contribution in [0.3, 0.4) is 0 Å². The minimum absolute atomic E-state index is 0.0198. The number of likely N-dealkylation sites (tertiary alicyclic amines) is 1. The first kappa shape index (κ1) is 19.9. The van der Waals surface area contributed by atoms with Crippen molar-refractivity contribution in [2.24, 2.45) is 5.92 Å². The number of carbonyl (C=O) groups is 2. The van der Waals surface area contributed by atoms with Crippen molar-refractivity contribution >= 4 is 17.5 Å². The van der Waals surface area contributed by atoms with Crippen LogP contribution in [0.15, 0.2) is 48.5 Å². The van der Waals surface area contributed by atoms with Crippen molar-refractivity contribution in [2.45, 2.75) is 32.6 Å². The number of methoxy groups -OCH3 is 1. The molecule has 0 aliphatic carbocycles. The third-order valence-electron chi connectivity index (χ3n) is 5.33. The van der Waals surface area contributed by atoms with Crippen LogP contribution in [0.2, 0.25) is 0 Å². The lowest BCUT2D eigenvalue weighted by Crippen LogP contribution is -2.38. The first-order valence-electron chi connectivity index (χ1n) is 9.85. The lowest BCUT2D eigenvalue weighted by atomic mass is 9.91. The minimum Gasteiger partial charge on any atom is -0.497 e. The quantitative estimate of drug-likeness (QED) is 0.814. The molecule has 0 atom stereocenters. The molecular formula is C23H28N2O3. The molecule has 0 aromatic heterocycles. The molecule has 1 aliphatic heterocycles. The summed E-state index contributed by atoms with van der Waals surface area (Å²) >= 11 is 0. The smallest absolute Gasteiger partial charge is 0.253 e. The first-order valence-corrected chi connectivity index (χ1v) is 9.85. The molecule has 148 valence electrons. The monoisotopic (exact) mass is 380 g/mol. The molecule has 1 N–H and O–H groups in total. The van der Waals surface area contributed by atoms with E-state index in [1.54, 1.807) is 7.11 Å². The Kier molecular flexibility index (Phi) is 6.69. The van der Waals surface area contributed by atoms with E-state index in [1.807, 2.05) is 60.4 Å². The summed E-state index contributed by atoms with van der Waals surface area (Å²) in [5.74, 6) is 1.34. The molecule has 5 heteroatoms. The van der Waals surface area contributed by atoms with Gasteiger partial charge in [0, 0.05) is 36.8 Å². The number of amides is 2. The van der Waals surface area contributed by atoms with Gasteiger partial charge in [-0.25, -0.2) is 0 Å². The van der Waals surface area contributed by atoms with E-state index in [0.717, 1.165) is 54.9 Å². The van der Waals surface area contributed by atoms with Gasteiger partial charge in [0.25, 0.3) is 5.91 Å². The maximum atomic E-state index is 12.6. The molecule has 1 saturated heterocycles. The number of carbonyl (C=O) groups excluding carboxylic acids is 2. The van der Waals surface area contributed by atoms with Gasteiger partial charge in [0.1, 0.15) is 5.75 Å². The second-order valence-corrected chi connectivity index (χ2v) is 7.42. The van der Waals surface area contributed by atoms with E-state index in [2.05, 4.69) is 5.32 Å². The van der Waals surface area contributed by atoms with Crippen molar-refractivity contribution in [3.8, 4) is 5.75 Å². The molecule has 2 aromatic carbocycles. The number of hydrogen-bond donors (Lipinski definition) is 1. The van der Waals surface area contributed by atoms with Crippen molar-refractivity contribution in [3.05, 3.63) is 59.7 Å².